The number of hydrogen-bond acceptors (Lipinski definition) is 3. The molecule has 0 unspecified atom stereocenters. The molecule has 0 fully saturated rings. The van der Waals surface area contributed by atoms with Gasteiger partial charge in [0.1, 0.15) is 0 Å². The van der Waals surface area contributed by atoms with E-state index >= 15 is 0 Å². The van der Waals surface area contributed by atoms with Gasteiger partial charge in [-0.15, -0.1) is 11.6 Å². The van der Waals surface area contributed by atoms with Gasteiger partial charge in [0.2, 0.25) is 0 Å². The SMILES string of the molecule is COCCN(CCOC)c1ccc(CCl)cc1C. The van der Waals surface area contributed by atoms with E-state index in [-0.39, 0.29) is 0 Å². The Hall–Kier alpha value is -0.770. The molecule has 0 atom stereocenters. The lowest BCUT2D eigenvalue weighted by molar-refractivity contribution is 0.190. The van der Waals surface area contributed by atoms with Crippen LogP contribution in [0, 0.1) is 6.92 Å². The number of halogens is 1. The molecule has 0 heterocycles. The van der Waals surface area contributed by atoms with Gasteiger partial charge in [-0.3, -0.25) is 0 Å². The highest BCUT2D eigenvalue weighted by atomic mass is 35.5. The number of benzene rings is 1. The molecule has 3 nitrogen and oxygen atoms in total. The van der Waals surface area contributed by atoms with Crippen LogP contribution in [0.5, 0.6) is 0 Å². The molecule has 0 spiro atoms. The summed E-state index contributed by atoms with van der Waals surface area (Å²) in [6.07, 6.45) is 0. The second kappa shape index (κ2) is 8.35. The van der Waals surface area contributed by atoms with E-state index in [2.05, 4.69) is 30.0 Å². The van der Waals surface area contributed by atoms with Gasteiger partial charge in [-0.1, -0.05) is 12.1 Å². The Labute approximate surface area is 115 Å². The summed E-state index contributed by atoms with van der Waals surface area (Å²) < 4.78 is 10.3. The van der Waals surface area contributed by atoms with Gasteiger partial charge in [0, 0.05) is 38.9 Å². The summed E-state index contributed by atoms with van der Waals surface area (Å²) >= 11 is 5.84. The Bertz CT molecular complexity index is 350. The van der Waals surface area contributed by atoms with Crippen molar-refractivity contribution in [1.29, 1.82) is 0 Å². The second-order valence-corrected chi connectivity index (χ2v) is 4.49. The molecular formula is C14H22ClNO2. The fourth-order valence-corrected chi connectivity index (χ4v) is 2.08. The van der Waals surface area contributed by atoms with Crippen molar-refractivity contribution in [2.45, 2.75) is 12.8 Å². The Balaban J connectivity index is 2.82. The minimum Gasteiger partial charge on any atom is -0.383 e. The molecule has 0 saturated heterocycles. The number of nitrogens with zero attached hydrogens (tertiary/aromatic N) is 1. The third-order valence-corrected chi connectivity index (χ3v) is 3.20. The number of methoxy groups -OCH3 is 2. The number of ether oxygens (including phenoxy) is 2. The molecule has 0 saturated carbocycles. The van der Waals surface area contributed by atoms with Gasteiger partial charge in [-0.2, -0.15) is 0 Å². The highest BCUT2D eigenvalue weighted by Gasteiger charge is 2.09. The standard InChI is InChI=1S/C14H22ClNO2/c1-12-10-13(11-15)4-5-14(12)16(6-8-17-2)7-9-18-3/h4-5,10H,6-9,11H2,1-3H3. The van der Waals surface area contributed by atoms with Crippen molar-refractivity contribution in [2.24, 2.45) is 0 Å². The number of anilines is 1. The van der Waals surface area contributed by atoms with Gasteiger partial charge >= 0.3 is 0 Å². The van der Waals surface area contributed by atoms with Crippen LogP contribution >= 0.6 is 11.6 Å². The van der Waals surface area contributed by atoms with E-state index in [0.29, 0.717) is 19.1 Å². The van der Waals surface area contributed by atoms with Crippen molar-refractivity contribution in [1.82, 2.24) is 0 Å². The quantitative estimate of drug-likeness (QED) is 0.679. The maximum Gasteiger partial charge on any atom is 0.0637 e. The number of alkyl halides is 1. The van der Waals surface area contributed by atoms with E-state index in [9.17, 15) is 0 Å². The van der Waals surface area contributed by atoms with Crippen molar-refractivity contribution in [2.75, 3.05) is 45.4 Å². The van der Waals surface area contributed by atoms with Gasteiger partial charge in [-0.05, 0) is 24.1 Å². The van der Waals surface area contributed by atoms with Crippen LogP contribution in [0.15, 0.2) is 18.2 Å². The molecule has 0 bridgehead atoms. The Kier molecular flexibility index (Phi) is 7.09. The fraction of sp³-hybridized carbons (Fsp3) is 0.571. The molecule has 18 heavy (non-hydrogen) atoms. The van der Waals surface area contributed by atoms with E-state index in [0.717, 1.165) is 18.7 Å². The zero-order valence-corrected chi connectivity index (χ0v) is 12.2. The fourth-order valence-electron chi connectivity index (χ4n) is 1.91. The zero-order valence-electron chi connectivity index (χ0n) is 11.4. The van der Waals surface area contributed by atoms with Crippen LogP contribution in [-0.4, -0.2) is 40.5 Å². The topological polar surface area (TPSA) is 21.7 Å². The maximum atomic E-state index is 5.84. The summed E-state index contributed by atoms with van der Waals surface area (Å²) in [6.45, 7) is 5.25. The van der Waals surface area contributed by atoms with Crippen LogP contribution < -0.4 is 4.90 Å². The number of hydrogen-bond donors (Lipinski definition) is 0. The van der Waals surface area contributed by atoms with Crippen LogP contribution in [0.3, 0.4) is 0 Å². The first-order valence-electron chi connectivity index (χ1n) is 6.11. The Morgan fingerprint density at radius 2 is 1.72 bits per heavy atom. The molecule has 0 amide bonds. The molecule has 0 aromatic heterocycles. The van der Waals surface area contributed by atoms with E-state index in [1.165, 1.54) is 11.3 Å². The van der Waals surface area contributed by atoms with Crippen molar-refractivity contribution >= 4 is 17.3 Å². The predicted molar refractivity (Wildman–Crippen MR) is 76.7 cm³/mol. The largest absolute Gasteiger partial charge is 0.383 e. The number of aryl methyl sites for hydroxylation is 1. The highest BCUT2D eigenvalue weighted by Crippen LogP contribution is 2.22. The first kappa shape index (κ1) is 15.3. The van der Waals surface area contributed by atoms with Crippen molar-refractivity contribution < 1.29 is 9.47 Å². The lowest BCUT2D eigenvalue weighted by Crippen LogP contribution is -2.31. The van der Waals surface area contributed by atoms with E-state index < -0.39 is 0 Å². The second-order valence-electron chi connectivity index (χ2n) is 4.23. The summed E-state index contributed by atoms with van der Waals surface area (Å²) in [4.78, 5) is 2.28. The first-order chi connectivity index (χ1) is 8.72. The Morgan fingerprint density at radius 1 is 1.11 bits per heavy atom. The molecule has 0 radical (unpaired) electrons. The van der Waals surface area contributed by atoms with Crippen molar-refractivity contribution in [3.05, 3.63) is 29.3 Å². The van der Waals surface area contributed by atoms with Gasteiger partial charge in [0.05, 0.1) is 13.2 Å². The van der Waals surface area contributed by atoms with Crippen LogP contribution in [0.4, 0.5) is 5.69 Å². The first-order valence-corrected chi connectivity index (χ1v) is 6.64. The normalized spacial score (nSPS) is 10.7. The Morgan fingerprint density at radius 3 is 2.17 bits per heavy atom. The third kappa shape index (κ3) is 4.48. The molecule has 0 aliphatic heterocycles. The van der Waals surface area contributed by atoms with Crippen LogP contribution in [0.1, 0.15) is 11.1 Å². The van der Waals surface area contributed by atoms with Crippen LogP contribution in [0.25, 0.3) is 0 Å². The average Bonchev–Trinajstić information content (AvgIpc) is 2.39. The van der Waals surface area contributed by atoms with Gasteiger partial charge in [0.25, 0.3) is 0 Å². The third-order valence-electron chi connectivity index (χ3n) is 2.89. The highest BCUT2D eigenvalue weighted by molar-refractivity contribution is 6.17. The minimum absolute atomic E-state index is 0.553. The average molecular weight is 272 g/mol. The van der Waals surface area contributed by atoms with E-state index in [1.54, 1.807) is 14.2 Å². The lowest BCUT2D eigenvalue weighted by Gasteiger charge is -2.26. The predicted octanol–water partition coefficient (Wildman–Crippen LogP) is 2.83. The number of rotatable bonds is 8. The van der Waals surface area contributed by atoms with E-state index in [4.69, 9.17) is 21.1 Å². The van der Waals surface area contributed by atoms with Crippen molar-refractivity contribution in [3.8, 4) is 0 Å². The molecular weight excluding hydrogens is 250 g/mol. The molecule has 1 aromatic rings. The monoisotopic (exact) mass is 271 g/mol. The molecule has 102 valence electrons. The summed E-state index contributed by atoms with van der Waals surface area (Å²) in [7, 11) is 3.44. The van der Waals surface area contributed by atoms with Crippen LogP contribution in [-0.2, 0) is 15.4 Å². The molecule has 0 N–H and O–H groups in total. The molecule has 0 aliphatic carbocycles. The maximum absolute atomic E-state index is 5.84. The molecule has 0 aliphatic rings. The molecule has 1 aromatic carbocycles. The van der Waals surface area contributed by atoms with Gasteiger partial charge < -0.3 is 14.4 Å². The minimum atomic E-state index is 0.553. The zero-order chi connectivity index (χ0) is 13.4. The van der Waals surface area contributed by atoms with Crippen LogP contribution in [0.2, 0.25) is 0 Å². The summed E-state index contributed by atoms with van der Waals surface area (Å²) in [5.41, 5.74) is 3.61. The summed E-state index contributed by atoms with van der Waals surface area (Å²) in [5, 5.41) is 0. The lowest BCUT2D eigenvalue weighted by atomic mass is 10.1. The molecule has 4 heteroatoms. The smallest absolute Gasteiger partial charge is 0.0637 e. The summed E-state index contributed by atoms with van der Waals surface area (Å²) in [5.74, 6) is 0.553. The molecule has 1 rings (SSSR count). The van der Waals surface area contributed by atoms with E-state index in [1.807, 2.05) is 0 Å². The van der Waals surface area contributed by atoms with Crippen molar-refractivity contribution in [3.63, 3.8) is 0 Å². The van der Waals surface area contributed by atoms with Gasteiger partial charge in [0.15, 0.2) is 0 Å². The van der Waals surface area contributed by atoms with Gasteiger partial charge in [-0.25, -0.2) is 0 Å². The summed E-state index contributed by atoms with van der Waals surface area (Å²) in [6, 6.07) is 6.33.